The summed E-state index contributed by atoms with van der Waals surface area (Å²) in [7, 11) is 1.27. The maximum Gasteiger partial charge on any atom is 0.340 e. The van der Waals surface area contributed by atoms with Gasteiger partial charge in [-0.15, -0.1) is 0 Å². The largest absolute Gasteiger partial charge is 0.465 e. The Morgan fingerprint density at radius 3 is 2.50 bits per heavy atom. The van der Waals surface area contributed by atoms with Crippen LogP contribution in [0.3, 0.4) is 0 Å². The molecule has 7 heteroatoms. The number of Topliss-reactive ketones (excluding diaryl/α,β-unsaturated/α-hetero) is 1. The quantitative estimate of drug-likeness (QED) is 0.667. The summed E-state index contributed by atoms with van der Waals surface area (Å²) in [6, 6.07) is 3.15. The third kappa shape index (κ3) is 3.34. The summed E-state index contributed by atoms with van der Waals surface area (Å²) in [4.78, 5) is 43.0. The van der Waals surface area contributed by atoms with E-state index in [9.17, 15) is 14.4 Å². The van der Waals surface area contributed by atoms with Crippen LogP contribution in [0.2, 0.25) is 0 Å². The topological polar surface area (TPSA) is 98.4 Å². The van der Waals surface area contributed by atoms with E-state index in [1.54, 1.807) is 26.0 Å². The maximum atomic E-state index is 12.5. The van der Waals surface area contributed by atoms with Gasteiger partial charge in [0.1, 0.15) is 0 Å². The zero-order chi connectivity index (χ0) is 17.9. The number of rotatable bonds is 5. The van der Waals surface area contributed by atoms with E-state index in [-0.39, 0.29) is 11.3 Å². The number of pyridine rings is 1. The average Bonchev–Trinajstić information content (AvgIpc) is 2.88. The van der Waals surface area contributed by atoms with Crippen molar-refractivity contribution in [3.8, 4) is 0 Å². The first-order chi connectivity index (χ1) is 11.4. The molecule has 24 heavy (non-hydrogen) atoms. The Morgan fingerprint density at radius 1 is 1.21 bits per heavy atom. The number of aromatic amines is 1. The predicted molar refractivity (Wildman–Crippen MR) is 85.1 cm³/mol. The molecule has 0 spiro atoms. The molecule has 0 aromatic carbocycles. The molecule has 1 N–H and O–H groups in total. The lowest BCUT2D eigenvalue weighted by atomic mass is 10.1. The van der Waals surface area contributed by atoms with Crippen molar-refractivity contribution in [1.29, 1.82) is 0 Å². The van der Waals surface area contributed by atoms with Crippen LogP contribution in [0.5, 0.6) is 0 Å². The lowest BCUT2D eigenvalue weighted by molar-refractivity contribution is 0.0316. The van der Waals surface area contributed by atoms with E-state index < -0.39 is 23.8 Å². The first kappa shape index (κ1) is 17.4. The fourth-order valence-electron chi connectivity index (χ4n) is 2.37. The summed E-state index contributed by atoms with van der Waals surface area (Å²) in [5.41, 5.74) is 1.78. The zero-order valence-electron chi connectivity index (χ0n) is 13.9. The van der Waals surface area contributed by atoms with Gasteiger partial charge in [0.05, 0.1) is 23.9 Å². The number of hydrogen-bond donors (Lipinski definition) is 1. The summed E-state index contributed by atoms with van der Waals surface area (Å²) >= 11 is 0. The van der Waals surface area contributed by atoms with Crippen molar-refractivity contribution in [1.82, 2.24) is 9.97 Å². The number of carbonyl (C=O) groups excluding carboxylic acids is 3. The summed E-state index contributed by atoms with van der Waals surface area (Å²) in [5.74, 6) is -1.60. The fourth-order valence-corrected chi connectivity index (χ4v) is 2.37. The Morgan fingerprint density at radius 2 is 1.92 bits per heavy atom. The molecule has 2 aromatic heterocycles. The van der Waals surface area contributed by atoms with Gasteiger partial charge in [0.25, 0.3) is 0 Å². The van der Waals surface area contributed by atoms with E-state index in [0.717, 1.165) is 0 Å². The Bertz CT molecular complexity index is 780. The number of carbonyl (C=O) groups is 3. The molecule has 0 aliphatic rings. The predicted octanol–water partition coefficient (Wildman–Crippen LogP) is 2.24. The monoisotopic (exact) mass is 330 g/mol. The second-order valence-corrected chi connectivity index (χ2v) is 5.27. The number of aryl methyl sites for hydroxylation is 1. The van der Waals surface area contributed by atoms with E-state index in [0.29, 0.717) is 16.8 Å². The van der Waals surface area contributed by atoms with E-state index >= 15 is 0 Å². The van der Waals surface area contributed by atoms with Gasteiger partial charge in [0.2, 0.25) is 5.78 Å². The highest BCUT2D eigenvalue weighted by atomic mass is 16.5. The van der Waals surface area contributed by atoms with Crippen LogP contribution < -0.4 is 0 Å². The first-order valence-corrected chi connectivity index (χ1v) is 7.29. The van der Waals surface area contributed by atoms with Crippen molar-refractivity contribution in [3.63, 3.8) is 0 Å². The summed E-state index contributed by atoms with van der Waals surface area (Å²) in [5, 5.41) is 0. The number of aromatic nitrogens is 2. The summed E-state index contributed by atoms with van der Waals surface area (Å²) < 4.78 is 9.89. The highest BCUT2D eigenvalue weighted by Crippen LogP contribution is 2.21. The number of esters is 2. The van der Waals surface area contributed by atoms with E-state index in [1.807, 2.05) is 0 Å². The van der Waals surface area contributed by atoms with Gasteiger partial charge in [-0.1, -0.05) is 0 Å². The Kier molecular flexibility index (Phi) is 5.13. The lowest BCUT2D eigenvalue weighted by Gasteiger charge is -2.12. The molecule has 0 amide bonds. The SMILES string of the molecule is COC(=O)c1c(C)[nH]c(C(=O)[C@@H](C)OC(=O)c2cccnc2)c1C. The molecule has 126 valence electrons. The van der Waals surface area contributed by atoms with Gasteiger partial charge in [0, 0.05) is 18.1 Å². The first-order valence-electron chi connectivity index (χ1n) is 7.29. The third-order valence-corrected chi connectivity index (χ3v) is 3.62. The minimum absolute atomic E-state index is 0.222. The second-order valence-electron chi connectivity index (χ2n) is 5.27. The molecule has 0 unspecified atom stereocenters. The van der Waals surface area contributed by atoms with Crippen LogP contribution in [-0.2, 0) is 9.47 Å². The number of hydrogen-bond acceptors (Lipinski definition) is 6. The fraction of sp³-hybridized carbons (Fsp3) is 0.294. The molecule has 0 saturated carbocycles. The highest BCUT2D eigenvalue weighted by molar-refractivity contribution is 6.04. The Labute approximate surface area is 139 Å². The van der Waals surface area contributed by atoms with Crippen LogP contribution in [-0.4, -0.2) is 40.9 Å². The smallest absolute Gasteiger partial charge is 0.340 e. The van der Waals surface area contributed by atoms with Gasteiger partial charge in [-0.3, -0.25) is 9.78 Å². The van der Waals surface area contributed by atoms with Gasteiger partial charge in [-0.2, -0.15) is 0 Å². The minimum Gasteiger partial charge on any atom is -0.465 e. The molecule has 0 fully saturated rings. The molecule has 0 saturated heterocycles. The normalized spacial score (nSPS) is 11.7. The lowest BCUT2D eigenvalue weighted by Crippen LogP contribution is -2.25. The van der Waals surface area contributed by atoms with Crippen molar-refractivity contribution in [2.45, 2.75) is 26.9 Å². The second kappa shape index (κ2) is 7.08. The van der Waals surface area contributed by atoms with Crippen molar-refractivity contribution < 1.29 is 23.9 Å². The Hall–Kier alpha value is -2.96. The average molecular weight is 330 g/mol. The molecular weight excluding hydrogens is 312 g/mol. The van der Waals surface area contributed by atoms with Crippen LogP contribution in [0.15, 0.2) is 24.5 Å². The summed E-state index contributed by atoms with van der Waals surface area (Å²) in [6.07, 6.45) is 1.88. The van der Waals surface area contributed by atoms with Gasteiger partial charge in [-0.05, 0) is 38.5 Å². The number of ether oxygens (including phenoxy) is 2. The minimum atomic E-state index is -1.01. The number of nitrogens with one attached hydrogen (secondary N) is 1. The van der Waals surface area contributed by atoms with E-state index in [4.69, 9.17) is 9.47 Å². The molecule has 0 aliphatic heterocycles. The van der Waals surface area contributed by atoms with Crippen LogP contribution in [0, 0.1) is 13.8 Å². The zero-order valence-corrected chi connectivity index (χ0v) is 13.9. The van der Waals surface area contributed by atoms with Crippen molar-refractivity contribution in [2.24, 2.45) is 0 Å². The number of H-pyrrole nitrogens is 1. The molecule has 0 aliphatic carbocycles. The maximum absolute atomic E-state index is 12.5. The van der Waals surface area contributed by atoms with Crippen molar-refractivity contribution in [2.75, 3.05) is 7.11 Å². The number of ketones is 1. The molecule has 7 nitrogen and oxygen atoms in total. The standard InChI is InChI=1S/C17H18N2O5/c1-9-13(17(22)23-4)10(2)19-14(9)15(20)11(3)24-16(21)12-6-5-7-18-8-12/h5-8,11,19H,1-4H3/t11-/m1/s1. The molecule has 2 heterocycles. The molecule has 0 bridgehead atoms. The molecule has 1 atom stereocenters. The van der Waals surface area contributed by atoms with Crippen LogP contribution >= 0.6 is 0 Å². The van der Waals surface area contributed by atoms with Crippen molar-refractivity contribution >= 4 is 17.7 Å². The number of methoxy groups -OCH3 is 1. The Balaban J connectivity index is 2.20. The van der Waals surface area contributed by atoms with Crippen molar-refractivity contribution in [3.05, 3.63) is 52.6 Å². The molecular formula is C17H18N2O5. The molecule has 2 aromatic rings. The summed E-state index contributed by atoms with van der Waals surface area (Å²) in [6.45, 7) is 4.78. The van der Waals surface area contributed by atoms with Crippen LogP contribution in [0.25, 0.3) is 0 Å². The van der Waals surface area contributed by atoms with Gasteiger partial charge >= 0.3 is 11.9 Å². The van der Waals surface area contributed by atoms with Gasteiger partial charge in [0.15, 0.2) is 6.10 Å². The highest BCUT2D eigenvalue weighted by Gasteiger charge is 2.27. The van der Waals surface area contributed by atoms with Crippen LogP contribution in [0.1, 0.15) is 49.4 Å². The third-order valence-electron chi connectivity index (χ3n) is 3.62. The van der Waals surface area contributed by atoms with Gasteiger partial charge < -0.3 is 14.5 Å². The van der Waals surface area contributed by atoms with Crippen LogP contribution in [0.4, 0.5) is 0 Å². The van der Waals surface area contributed by atoms with E-state index in [1.165, 1.54) is 26.4 Å². The number of nitrogens with zero attached hydrogens (tertiary/aromatic N) is 1. The van der Waals surface area contributed by atoms with E-state index in [2.05, 4.69) is 9.97 Å². The molecule has 2 rings (SSSR count). The molecule has 0 radical (unpaired) electrons. The van der Waals surface area contributed by atoms with Gasteiger partial charge in [-0.25, -0.2) is 9.59 Å².